The molecule has 0 saturated carbocycles. The Morgan fingerprint density at radius 3 is 2.41 bits per heavy atom. The van der Waals surface area contributed by atoms with Crippen LogP contribution in [0.4, 0.5) is 19.1 Å². The molecule has 1 aromatic carbocycles. The first-order valence-electron chi connectivity index (χ1n) is 11.2. The Bertz CT molecular complexity index is 1200. The number of aromatic amines is 1. The molecule has 1 aliphatic rings. The summed E-state index contributed by atoms with van der Waals surface area (Å²) in [6.45, 7) is 8.22. The van der Waals surface area contributed by atoms with Crippen LogP contribution in [0.1, 0.15) is 27.2 Å². The van der Waals surface area contributed by atoms with Gasteiger partial charge < -0.3 is 25.2 Å². The summed E-state index contributed by atoms with van der Waals surface area (Å²) in [4.78, 5) is 15.5. The second-order valence-electron chi connectivity index (χ2n) is 9.33. The maximum absolute atomic E-state index is 10.7. The van der Waals surface area contributed by atoms with Gasteiger partial charge in [-0.1, -0.05) is 0 Å². The molecule has 1 aliphatic heterocycles. The maximum atomic E-state index is 10.7. The van der Waals surface area contributed by atoms with Crippen LogP contribution in [0.2, 0.25) is 0 Å². The van der Waals surface area contributed by atoms with Crippen LogP contribution < -0.4 is 15.0 Å². The molecule has 200 valence electrons. The number of H-pyrrole nitrogens is 1. The first-order chi connectivity index (χ1) is 17.3. The molecule has 4 rings (SSSR count). The molecule has 3 aromatic rings. The number of alkyl halides is 3. The minimum atomic E-state index is -5.08. The van der Waals surface area contributed by atoms with Crippen molar-refractivity contribution in [2.45, 2.75) is 44.9 Å². The predicted molar refractivity (Wildman–Crippen MR) is 128 cm³/mol. The number of anilines is 1. The molecule has 0 bridgehead atoms. The topological polar surface area (TPSA) is 149 Å². The Morgan fingerprint density at radius 2 is 1.89 bits per heavy atom. The van der Waals surface area contributed by atoms with E-state index in [9.17, 15) is 18.3 Å². The average molecular weight is 524 g/mol. The van der Waals surface area contributed by atoms with Crippen molar-refractivity contribution in [2.75, 3.05) is 25.1 Å². The van der Waals surface area contributed by atoms with Gasteiger partial charge in [-0.3, -0.25) is 5.10 Å². The number of hydrogen-bond acceptors (Lipinski definition) is 9. The summed E-state index contributed by atoms with van der Waals surface area (Å²) < 4.78 is 37.2. The molecule has 4 N–H and O–H groups in total. The van der Waals surface area contributed by atoms with Crippen molar-refractivity contribution < 1.29 is 32.9 Å². The van der Waals surface area contributed by atoms with E-state index in [-0.39, 0.29) is 11.3 Å². The number of hydrogen-bond donors (Lipinski definition) is 4. The van der Waals surface area contributed by atoms with Gasteiger partial charge in [0.1, 0.15) is 17.2 Å². The quantitative estimate of drug-likeness (QED) is 0.393. The first kappa shape index (κ1) is 27.6. The van der Waals surface area contributed by atoms with Gasteiger partial charge in [-0.2, -0.15) is 18.3 Å². The smallest absolute Gasteiger partial charge is 0.490 e. The maximum Gasteiger partial charge on any atom is 0.490 e. The van der Waals surface area contributed by atoms with Crippen LogP contribution >= 0.6 is 0 Å². The lowest BCUT2D eigenvalue weighted by Crippen LogP contribution is -2.45. The highest BCUT2D eigenvalue weighted by atomic mass is 19.4. The van der Waals surface area contributed by atoms with Crippen molar-refractivity contribution in [3.8, 4) is 33.9 Å². The van der Waals surface area contributed by atoms with Crippen LogP contribution in [0.3, 0.4) is 0 Å². The van der Waals surface area contributed by atoms with Crippen molar-refractivity contribution in [3.05, 3.63) is 30.7 Å². The minimum absolute atomic E-state index is 0.0463. The van der Waals surface area contributed by atoms with Crippen LogP contribution in [0.25, 0.3) is 22.4 Å². The summed E-state index contributed by atoms with van der Waals surface area (Å²) in [7, 11) is 1.55. The fourth-order valence-electron chi connectivity index (χ4n) is 3.80. The third kappa shape index (κ3) is 7.29. The number of rotatable bonds is 5. The normalized spacial score (nSPS) is 15.8. The number of aromatic nitrogens is 5. The summed E-state index contributed by atoms with van der Waals surface area (Å²) in [5.41, 5.74) is 2.62. The van der Waals surface area contributed by atoms with Gasteiger partial charge in [0.2, 0.25) is 5.95 Å². The zero-order valence-electron chi connectivity index (χ0n) is 20.7. The summed E-state index contributed by atoms with van der Waals surface area (Å²) in [6, 6.07) is 3.88. The molecule has 1 fully saturated rings. The lowest BCUT2D eigenvalue weighted by atomic mass is 10.0. The molecule has 14 heteroatoms. The number of carboxylic acids is 1. The number of ether oxygens (including phenoxy) is 1. The number of methoxy groups -OCH3 is 1. The van der Waals surface area contributed by atoms with Crippen molar-refractivity contribution in [1.29, 1.82) is 0 Å². The summed E-state index contributed by atoms with van der Waals surface area (Å²) in [5, 5.41) is 36.7. The van der Waals surface area contributed by atoms with Crippen LogP contribution in [0.5, 0.6) is 11.5 Å². The van der Waals surface area contributed by atoms with E-state index in [4.69, 9.17) is 14.6 Å². The number of nitrogens with one attached hydrogen (secondary N) is 2. The number of aliphatic carboxylic acids is 1. The molecule has 0 aliphatic carbocycles. The van der Waals surface area contributed by atoms with Crippen LogP contribution in [0, 0.1) is 0 Å². The Morgan fingerprint density at radius 1 is 1.19 bits per heavy atom. The molecular formula is C23H28F3N7O4. The number of halogens is 3. The molecule has 0 amide bonds. The molecule has 2 aromatic heterocycles. The molecule has 11 nitrogen and oxygen atoms in total. The SMILES string of the molecule is COc1cc(-c2cn[nH]c2)cc(O)c1-c1cnc(N2CCC(NC(C)(C)C)C2)nn1.O=C(O)C(F)(F)F. The molecule has 1 atom stereocenters. The average Bonchev–Trinajstić information content (AvgIpc) is 3.50. The largest absolute Gasteiger partial charge is 0.507 e. The molecular weight excluding hydrogens is 495 g/mol. The van der Waals surface area contributed by atoms with Crippen LogP contribution in [-0.4, -0.2) is 79.5 Å². The Balaban J connectivity index is 0.000000479. The number of benzene rings is 1. The molecule has 0 spiro atoms. The standard InChI is InChI=1S/C21H27N7O2.C2HF3O2/c1-21(2,3)25-15-5-6-28(12-15)20-22-11-16(26-27-20)19-17(29)7-13(8-18(19)30-4)14-9-23-24-10-14;3-2(4,5)1(6)7/h7-11,15,25,29H,5-6,12H2,1-4H3,(H,23,24);(H,6,7). The molecule has 1 unspecified atom stereocenters. The van der Waals surface area contributed by atoms with Crippen molar-refractivity contribution >= 4 is 11.9 Å². The van der Waals surface area contributed by atoms with E-state index in [0.717, 1.165) is 30.6 Å². The lowest BCUT2D eigenvalue weighted by molar-refractivity contribution is -0.192. The van der Waals surface area contributed by atoms with E-state index in [1.165, 1.54) is 0 Å². The molecule has 37 heavy (non-hydrogen) atoms. The van der Waals surface area contributed by atoms with Gasteiger partial charge in [0, 0.05) is 36.4 Å². The second kappa shape index (κ2) is 11.0. The van der Waals surface area contributed by atoms with Gasteiger partial charge in [-0.15, -0.1) is 10.2 Å². The van der Waals surface area contributed by atoms with E-state index in [1.54, 1.807) is 31.8 Å². The van der Waals surface area contributed by atoms with Gasteiger partial charge >= 0.3 is 12.1 Å². The Hall–Kier alpha value is -3.94. The number of carboxylic acid groups (broad SMARTS) is 1. The third-order valence-corrected chi connectivity index (χ3v) is 5.29. The monoisotopic (exact) mass is 523 g/mol. The highest BCUT2D eigenvalue weighted by Crippen LogP contribution is 2.40. The van der Waals surface area contributed by atoms with E-state index >= 15 is 0 Å². The zero-order valence-corrected chi connectivity index (χ0v) is 20.7. The molecule has 0 radical (unpaired) electrons. The van der Waals surface area contributed by atoms with Gasteiger partial charge in [-0.25, -0.2) is 9.78 Å². The summed E-state index contributed by atoms with van der Waals surface area (Å²) in [6.07, 6.45) is 1.01. The zero-order chi connectivity index (χ0) is 27.4. The summed E-state index contributed by atoms with van der Waals surface area (Å²) in [5.74, 6) is -1.63. The second-order valence-corrected chi connectivity index (χ2v) is 9.33. The lowest BCUT2D eigenvalue weighted by Gasteiger charge is -2.25. The van der Waals surface area contributed by atoms with E-state index in [2.05, 4.69) is 56.4 Å². The summed E-state index contributed by atoms with van der Waals surface area (Å²) >= 11 is 0. The fourth-order valence-corrected chi connectivity index (χ4v) is 3.80. The van der Waals surface area contributed by atoms with Gasteiger partial charge in [0.05, 0.1) is 25.1 Å². The van der Waals surface area contributed by atoms with Gasteiger partial charge in [0.15, 0.2) is 0 Å². The number of aromatic hydroxyl groups is 1. The number of carbonyl (C=O) groups is 1. The van der Waals surface area contributed by atoms with E-state index < -0.39 is 12.1 Å². The van der Waals surface area contributed by atoms with Crippen molar-refractivity contribution in [2.24, 2.45) is 0 Å². The number of nitrogens with zero attached hydrogens (tertiary/aromatic N) is 5. The first-order valence-corrected chi connectivity index (χ1v) is 11.2. The van der Waals surface area contributed by atoms with Gasteiger partial charge in [0.25, 0.3) is 0 Å². The highest BCUT2D eigenvalue weighted by Gasteiger charge is 2.38. The Kier molecular flexibility index (Phi) is 8.21. The number of phenols is 1. The van der Waals surface area contributed by atoms with Crippen LogP contribution in [-0.2, 0) is 4.79 Å². The van der Waals surface area contributed by atoms with Crippen molar-refractivity contribution in [1.82, 2.24) is 30.7 Å². The fraction of sp³-hybridized carbons (Fsp3) is 0.435. The Labute approximate surface area is 210 Å². The van der Waals surface area contributed by atoms with Crippen molar-refractivity contribution in [3.63, 3.8) is 0 Å². The van der Waals surface area contributed by atoms with E-state index in [1.807, 2.05) is 6.07 Å². The predicted octanol–water partition coefficient (Wildman–Crippen LogP) is 3.24. The molecule has 1 saturated heterocycles. The van der Waals surface area contributed by atoms with E-state index in [0.29, 0.717) is 29.0 Å². The minimum Gasteiger partial charge on any atom is -0.507 e. The van der Waals surface area contributed by atoms with Crippen LogP contribution in [0.15, 0.2) is 30.7 Å². The molecule has 3 heterocycles. The number of phenolic OH excluding ortho intramolecular Hbond substituents is 1. The van der Waals surface area contributed by atoms with Gasteiger partial charge in [-0.05, 0) is 44.9 Å². The highest BCUT2D eigenvalue weighted by molar-refractivity contribution is 5.79. The third-order valence-electron chi connectivity index (χ3n) is 5.29.